The molecule has 1 saturated heterocycles. The number of aliphatic carboxylic acids is 1. The smallest absolute Gasteiger partial charge is 0.451 e. The third-order valence-electron chi connectivity index (χ3n) is 4.13. The van der Waals surface area contributed by atoms with Crippen LogP contribution in [-0.2, 0) is 4.79 Å². The standard InChI is InChI=1S/C14H19BN2O6.CH5N/c18-13(19)10-4-11(6-16-5-10)17-7-9(2-1-3-15(22)23)12(8-17)14(20)21;1-2/h4-6,9,12,22-23H,1-3,7-8H2,(H,18,19)(H,20,21);2H2,1H3. The highest BCUT2D eigenvalue weighted by Crippen LogP contribution is 2.32. The van der Waals surface area contributed by atoms with Crippen molar-refractivity contribution in [1.82, 2.24) is 4.98 Å². The third kappa shape index (κ3) is 6.00. The number of pyridine rings is 1. The number of hydrogen-bond acceptors (Lipinski definition) is 7. The Kier molecular flexibility index (Phi) is 8.33. The number of aromatic carboxylic acids is 1. The summed E-state index contributed by atoms with van der Waals surface area (Å²) in [6, 6.07) is 1.48. The van der Waals surface area contributed by atoms with Gasteiger partial charge in [-0.3, -0.25) is 9.78 Å². The molecule has 2 unspecified atom stereocenters. The maximum Gasteiger partial charge on any atom is 0.451 e. The van der Waals surface area contributed by atoms with E-state index in [9.17, 15) is 14.7 Å². The van der Waals surface area contributed by atoms with Crippen molar-refractivity contribution in [2.75, 3.05) is 25.0 Å². The van der Waals surface area contributed by atoms with Crippen LogP contribution < -0.4 is 10.6 Å². The number of aromatic nitrogens is 1. The second-order valence-corrected chi connectivity index (χ2v) is 5.76. The lowest BCUT2D eigenvalue weighted by atomic mass is 9.80. The van der Waals surface area contributed by atoms with Crippen LogP contribution in [0, 0.1) is 11.8 Å². The van der Waals surface area contributed by atoms with Crippen LogP contribution >= 0.6 is 0 Å². The summed E-state index contributed by atoms with van der Waals surface area (Å²) in [6.07, 6.45) is 4.06. The van der Waals surface area contributed by atoms with E-state index in [1.165, 1.54) is 25.5 Å². The molecule has 0 spiro atoms. The Morgan fingerprint density at radius 3 is 2.52 bits per heavy atom. The molecule has 0 aromatic carbocycles. The van der Waals surface area contributed by atoms with Gasteiger partial charge in [-0.15, -0.1) is 0 Å². The van der Waals surface area contributed by atoms with E-state index in [0.717, 1.165) is 0 Å². The molecule has 1 aromatic heterocycles. The number of nitrogens with two attached hydrogens (primary N) is 1. The largest absolute Gasteiger partial charge is 0.481 e. The predicted octanol–water partition coefficient (Wildman–Crippen LogP) is -0.255. The summed E-state index contributed by atoms with van der Waals surface area (Å²) in [7, 11) is 0.118. The van der Waals surface area contributed by atoms with Gasteiger partial charge in [0, 0.05) is 19.3 Å². The number of carbonyl (C=O) groups is 2. The molecule has 2 atom stereocenters. The van der Waals surface area contributed by atoms with Crippen LogP contribution in [0.1, 0.15) is 23.2 Å². The van der Waals surface area contributed by atoms with Crippen LogP contribution in [0.4, 0.5) is 5.69 Å². The Morgan fingerprint density at radius 1 is 1.28 bits per heavy atom. The van der Waals surface area contributed by atoms with E-state index in [1.807, 2.05) is 4.90 Å². The van der Waals surface area contributed by atoms with Crippen molar-refractivity contribution in [2.45, 2.75) is 19.2 Å². The summed E-state index contributed by atoms with van der Waals surface area (Å²) in [5.74, 6) is -2.68. The van der Waals surface area contributed by atoms with Crippen LogP contribution in [0.15, 0.2) is 18.5 Å². The van der Waals surface area contributed by atoms with Crippen molar-refractivity contribution in [1.29, 1.82) is 0 Å². The monoisotopic (exact) mass is 353 g/mol. The Bertz CT molecular complexity index is 586. The highest BCUT2D eigenvalue weighted by molar-refractivity contribution is 6.40. The summed E-state index contributed by atoms with van der Waals surface area (Å²) in [5, 5.41) is 36.1. The normalized spacial score (nSPS) is 19.1. The number of carboxylic acids is 2. The fourth-order valence-corrected chi connectivity index (χ4v) is 2.93. The molecule has 10 heteroatoms. The quantitative estimate of drug-likeness (QED) is 0.417. The first-order valence-corrected chi connectivity index (χ1v) is 7.98. The van der Waals surface area contributed by atoms with E-state index < -0.39 is 25.0 Å². The Morgan fingerprint density at radius 2 is 1.96 bits per heavy atom. The summed E-state index contributed by atoms with van der Waals surface area (Å²) in [6.45, 7) is 0.760. The molecule has 6 N–H and O–H groups in total. The first-order chi connectivity index (χ1) is 11.9. The Balaban J connectivity index is 0.00000151. The molecule has 2 heterocycles. The van der Waals surface area contributed by atoms with Crippen LogP contribution in [0.3, 0.4) is 0 Å². The van der Waals surface area contributed by atoms with Crippen LogP contribution in [0.2, 0.25) is 6.32 Å². The van der Waals surface area contributed by atoms with E-state index >= 15 is 0 Å². The van der Waals surface area contributed by atoms with Crippen LogP contribution in [0.5, 0.6) is 0 Å². The Labute approximate surface area is 146 Å². The minimum absolute atomic E-state index is 0.0567. The molecule has 0 amide bonds. The number of hydrogen-bond donors (Lipinski definition) is 5. The maximum absolute atomic E-state index is 11.4. The zero-order valence-electron chi connectivity index (χ0n) is 14.1. The second-order valence-electron chi connectivity index (χ2n) is 5.76. The lowest BCUT2D eigenvalue weighted by Gasteiger charge is -2.18. The van der Waals surface area contributed by atoms with Crippen molar-refractivity contribution >= 4 is 24.7 Å². The minimum Gasteiger partial charge on any atom is -0.481 e. The number of nitrogens with zero attached hydrogens (tertiary/aromatic N) is 2. The molecule has 1 fully saturated rings. The van der Waals surface area contributed by atoms with E-state index in [2.05, 4.69) is 10.7 Å². The minimum atomic E-state index is -1.38. The maximum atomic E-state index is 11.4. The molecular formula is C15H24BN3O6. The molecule has 0 saturated carbocycles. The Hall–Kier alpha value is -2.17. The highest BCUT2D eigenvalue weighted by Gasteiger charge is 2.37. The summed E-state index contributed by atoms with van der Waals surface area (Å²) >= 11 is 0. The first-order valence-electron chi connectivity index (χ1n) is 7.98. The van der Waals surface area contributed by atoms with Crippen molar-refractivity contribution in [3.63, 3.8) is 0 Å². The van der Waals surface area contributed by atoms with Gasteiger partial charge < -0.3 is 30.9 Å². The van der Waals surface area contributed by atoms with Gasteiger partial charge in [-0.25, -0.2) is 4.79 Å². The lowest BCUT2D eigenvalue weighted by Crippen LogP contribution is -2.23. The zero-order chi connectivity index (χ0) is 19.0. The summed E-state index contributed by atoms with van der Waals surface area (Å²) in [4.78, 5) is 28.1. The van der Waals surface area contributed by atoms with Crippen molar-refractivity contribution in [3.05, 3.63) is 24.0 Å². The van der Waals surface area contributed by atoms with E-state index in [4.69, 9.17) is 15.2 Å². The molecule has 1 aliphatic heterocycles. The average Bonchev–Trinajstić information content (AvgIpc) is 3.01. The number of anilines is 1. The van der Waals surface area contributed by atoms with Crippen molar-refractivity contribution < 1.29 is 29.9 Å². The van der Waals surface area contributed by atoms with Crippen molar-refractivity contribution in [2.24, 2.45) is 17.6 Å². The molecular weight excluding hydrogens is 329 g/mol. The lowest BCUT2D eigenvalue weighted by molar-refractivity contribution is -0.142. The van der Waals surface area contributed by atoms with Gasteiger partial charge in [-0.2, -0.15) is 0 Å². The van der Waals surface area contributed by atoms with E-state index in [-0.39, 0.29) is 24.3 Å². The van der Waals surface area contributed by atoms with Crippen molar-refractivity contribution in [3.8, 4) is 0 Å². The predicted molar refractivity (Wildman–Crippen MR) is 92.4 cm³/mol. The highest BCUT2D eigenvalue weighted by atomic mass is 16.4. The van der Waals surface area contributed by atoms with Crippen LogP contribution in [-0.4, -0.2) is 64.4 Å². The van der Waals surface area contributed by atoms with Gasteiger partial charge in [-0.05, 0) is 31.8 Å². The number of rotatable bonds is 7. The molecule has 2 rings (SSSR count). The number of carboxylic acid groups (broad SMARTS) is 2. The van der Waals surface area contributed by atoms with Gasteiger partial charge >= 0.3 is 19.1 Å². The molecule has 1 aromatic rings. The SMILES string of the molecule is CN.O=C(O)c1cncc(N2CC(CCCB(O)O)C(C(=O)O)C2)c1. The molecule has 1 aliphatic rings. The van der Waals surface area contributed by atoms with Gasteiger partial charge in [0.25, 0.3) is 0 Å². The molecule has 9 nitrogen and oxygen atoms in total. The molecule has 0 aliphatic carbocycles. The molecule has 0 bridgehead atoms. The fourth-order valence-electron chi connectivity index (χ4n) is 2.93. The molecule has 138 valence electrons. The average molecular weight is 353 g/mol. The van der Waals surface area contributed by atoms with Gasteiger partial charge in [0.15, 0.2) is 0 Å². The van der Waals surface area contributed by atoms with E-state index in [0.29, 0.717) is 25.1 Å². The van der Waals surface area contributed by atoms with Gasteiger partial charge in [0.1, 0.15) is 0 Å². The summed E-state index contributed by atoms with van der Waals surface area (Å²) in [5.41, 5.74) is 5.14. The first kappa shape index (κ1) is 20.9. The van der Waals surface area contributed by atoms with Gasteiger partial charge in [0.2, 0.25) is 0 Å². The van der Waals surface area contributed by atoms with Gasteiger partial charge in [-0.1, -0.05) is 6.42 Å². The fraction of sp³-hybridized carbons (Fsp3) is 0.533. The molecule has 25 heavy (non-hydrogen) atoms. The van der Waals surface area contributed by atoms with Crippen LogP contribution in [0.25, 0.3) is 0 Å². The second kappa shape index (κ2) is 9.97. The molecule has 0 radical (unpaired) electrons. The topological polar surface area (TPSA) is 157 Å². The third-order valence-corrected chi connectivity index (χ3v) is 4.13. The van der Waals surface area contributed by atoms with Gasteiger partial charge in [0.05, 0.1) is 23.4 Å². The summed E-state index contributed by atoms with van der Waals surface area (Å²) < 4.78 is 0. The zero-order valence-corrected chi connectivity index (χ0v) is 14.1. The van der Waals surface area contributed by atoms with E-state index in [1.54, 1.807) is 0 Å².